The molecule has 0 atom stereocenters. The molecule has 0 unspecified atom stereocenters. The second kappa shape index (κ2) is 7.56. The van der Waals surface area contributed by atoms with Crippen molar-refractivity contribution in [3.05, 3.63) is 89.2 Å². The molecule has 1 aromatic heterocycles. The molecule has 0 aliphatic rings. The largest absolute Gasteiger partial charge is 0.347 e. The summed E-state index contributed by atoms with van der Waals surface area (Å²) in [5, 5.41) is 7.72. The fourth-order valence-electron chi connectivity index (χ4n) is 2.71. The second-order valence-electron chi connectivity index (χ2n) is 7.48. The van der Waals surface area contributed by atoms with Gasteiger partial charge in [0.25, 0.3) is 5.91 Å². The van der Waals surface area contributed by atoms with Crippen LogP contribution in [0.25, 0.3) is 0 Å². The van der Waals surface area contributed by atoms with Crippen LogP contribution in [0.2, 0.25) is 0 Å². The third-order valence-electron chi connectivity index (χ3n) is 4.25. The topological polar surface area (TPSA) is 46.9 Å². The summed E-state index contributed by atoms with van der Waals surface area (Å²) in [4.78, 5) is 12.8. The molecule has 134 valence electrons. The molecular weight excluding hydrogens is 322 g/mol. The normalized spacial score (nSPS) is 11.3. The van der Waals surface area contributed by atoms with Gasteiger partial charge in [-0.15, -0.1) is 0 Å². The van der Waals surface area contributed by atoms with Gasteiger partial charge in [0.05, 0.1) is 12.2 Å². The summed E-state index contributed by atoms with van der Waals surface area (Å²) in [7, 11) is 0. The molecule has 1 amide bonds. The monoisotopic (exact) mass is 347 g/mol. The van der Waals surface area contributed by atoms with Crippen LogP contribution in [0, 0.1) is 0 Å². The van der Waals surface area contributed by atoms with Crippen molar-refractivity contribution in [3.63, 3.8) is 0 Å². The molecule has 0 saturated carbocycles. The predicted molar refractivity (Wildman–Crippen MR) is 104 cm³/mol. The maximum absolute atomic E-state index is 12.8. The molecule has 1 heterocycles. The van der Waals surface area contributed by atoms with Gasteiger partial charge in [0, 0.05) is 12.0 Å². The Morgan fingerprint density at radius 1 is 0.962 bits per heavy atom. The fraction of sp³-hybridized carbons (Fsp3) is 0.273. The van der Waals surface area contributed by atoms with Crippen molar-refractivity contribution in [1.82, 2.24) is 15.1 Å². The molecule has 3 aromatic rings. The number of amides is 1. The summed E-state index contributed by atoms with van der Waals surface area (Å²) < 4.78 is 1.80. The lowest BCUT2D eigenvalue weighted by atomic mass is 9.92. The van der Waals surface area contributed by atoms with Crippen LogP contribution >= 0.6 is 0 Å². The molecule has 0 spiro atoms. The first kappa shape index (κ1) is 17.9. The number of carbonyl (C=O) groups excluding carboxylic acids is 1. The van der Waals surface area contributed by atoms with Crippen molar-refractivity contribution < 1.29 is 4.79 Å². The minimum Gasteiger partial charge on any atom is -0.347 e. The Labute approximate surface area is 154 Å². The number of nitrogens with zero attached hydrogens (tertiary/aromatic N) is 2. The maximum Gasteiger partial charge on any atom is 0.269 e. The van der Waals surface area contributed by atoms with Gasteiger partial charge in [-0.2, -0.15) is 5.10 Å². The van der Waals surface area contributed by atoms with Crippen molar-refractivity contribution in [2.75, 3.05) is 0 Å². The van der Waals surface area contributed by atoms with E-state index in [1.807, 2.05) is 66.7 Å². The number of aromatic nitrogens is 2. The molecule has 1 N–H and O–H groups in total. The van der Waals surface area contributed by atoms with Crippen LogP contribution in [0.1, 0.15) is 48.1 Å². The molecule has 0 saturated heterocycles. The van der Waals surface area contributed by atoms with E-state index in [4.69, 9.17) is 5.10 Å². The Morgan fingerprint density at radius 2 is 1.54 bits per heavy atom. The Morgan fingerprint density at radius 3 is 2.12 bits per heavy atom. The minimum atomic E-state index is -0.115. The summed E-state index contributed by atoms with van der Waals surface area (Å²) in [6.45, 7) is 7.39. The van der Waals surface area contributed by atoms with E-state index >= 15 is 0 Å². The number of hydrogen-bond donors (Lipinski definition) is 1. The van der Waals surface area contributed by atoms with E-state index in [0.717, 1.165) is 16.8 Å². The molecule has 26 heavy (non-hydrogen) atoms. The molecule has 4 heteroatoms. The number of benzene rings is 2. The van der Waals surface area contributed by atoms with Gasteiger partial charge in [0.15, 0.2) is 0 Å². The quantitative estimate of drug-likeness (QED) is 0.753. The van der Waals surface area contributed by atoms with Crippen LogP contribution in [0.15, 0.2) is 66.7 Å². The van der Waals surface area contributed by atoms with Gasteiger partial charge in [0.1, 0.15) is 5.69 Å². The van der Waals surface area contributed by atoms with Gasteiger partial charge in [-0.1, -0.05) is 81.4 Å². The highest BCUT2D eigenvalue weighted by atomic mass is 16.2. The summed E-state index contributed by atoms with van der Waals surface area (Å²) in [5.41, 5.74) is 3.59. The SMILES string of the molecule is CC(C)(C)c1cc(C(=O)NCc2ccccc2)n(Cc2ccccc2)n1. The van der Waals surface area contributed by atoms with Crippen molar-refractivity contribution in [1.29, 1.82) is 0 Å². The van der Waals surface area contributed by atoms with E-state index in [-0.39, 0.29) is 11.3 Å². The molecule has 0 radical (unpaired) electrons. The zero-order chi connectivity index (χ0) is 18.6. The Hall–Kier alpha value is -2.88. The predicted octanol–water partition coefficient (Wildman–Crippen LogP) is 4.16. The number of carbonyl (C=O) groups is 1. The Kier molecular flexibility index (Phi) is 5.21. The van der Waals surface area contributed by atoms with E-state index in [0.29, 0.717) is 18.8 Å². The van der Waals surface area contributed by atoms with Gasteiger partial charge < -0.3 is 5.32 Å². The van der Waals surface area contributed by atoms with Gasteiger partial charge >= 0.3 is 0 Å². The summed E-state index contributed by atoms with van der Waals surface area (Å²) in [6.07, 6.45) is 0. The summed E-state index contributed by atoms with van der Waals surface area (Å²) in [6, 6.07) is 21.9. The number of nitrogens with one attached hydrogen (secondary N) is 1. The lowest BCUT2D eigenvalue weighted by molar-refractivity contribution is 0.0940. The molecule has 3 rings (SSSR count). The molecule has 0 aliphatic carbocycles. The van der Waals surface area contributed by atoms with Crippen LogP contribution in [-0.2, 0) is 18.5 Å². The smallest absolute Gasteiger partial charge is 0.269 e. The van der Waals surface area contributed by atoms with Crippen molar-refractivity contribution >= 4 is 5.91 Å². The minimum absolute atomic E-state index is 0.104. The average molecular weight is 347 g/mol. The van der Waals surface area contributed by atoms with E-state index in [1.165, 1.54) is 0 Å². The second-order valence-corrected chi connectivity index (χ2v) is 7.48. The maximum atomic E-state index is 12.8. The standard InChI is InChI=1S/C22H25N3O/c1-22(2,3)20-14-19(21(26)23-15-17-10-6-4-7-11-17)25(24-20)16-18-12-8-5-9-13-18/h4-14H,15-16H2,1-3H3,(H,23,26). The van der Waals surface area contributed by atoms with Gasteiger partial charge in [-0.05, 0) is 17.2 Å². The van der Waals surface area contributed by atoms with Gasteiger partial charge in [-0.25, -0.2) is 0 Å². The first-order valence-corrected chi connectivity index (χ1v) is 8.88. The lowest BCUT2D eigenvalue weighted by Gasteiger charge is -2.14. The lowest BCUT2D eigenvalue weighted by Crippen LogP contribution is -2.26. The van der Waals surface area contributed by atoms with Crippen LogP contribution in [0.4, 0.5) is 0 Å². The Bertz CT molecular complexity index is 861. The fourth-order valence-corrected chi connectivity index (χ4v) is 2.71. The van der Waals surface area contributed by atoms with Crippen LogP contribution < -0.4 is 5.32 Å². The van der Waals surface area contributed by atoms with Crippen LogP contribution in [0.5, 0.6) is 0 Å². The molecule has 2 aromatic carbocycles. The van der Waals surface area contributed by atoms with Crippen LogP contribution in [-0.4, -0.2) is 15.7 Å². The molecule has 0 aliphatic heterocycles. The van der Waals surface area contributed by atoms with Gasteiger partial charge in [-0.3, -0.25) is 9.48 Å². The number of rotatable bonds is 5. The highest BCUT2D eigenvalue weighted by Gasteiger charge is 2.23. The van der Waals surface area contributed by atoms with E-state index in [9.17, 15) is 4.79 Å². The zero-order valence-electron chi connectivity index (χ0n) is 15.6. The average Bonchev–Trinajstić information content (AvgIpc) is 3.06. The van der Waals surface area contributed by atoms with E-state index in [2.05, 4.69) is 26.1 Å². The highest BCUT2D eigenvalue weighted by molar-refractivity contribution is 5.92. The third-order valence-corrected chi connectivity index (χ3v) is 4.25. The number of hydrogen-bond acceptors (Lipinski definition) is 2. The van der Waals surface area contributed by atoms with E-state index < -0.39 is 0 Å². The van der Waals surface area contributed by atoms with Crippen LogP contribution in [0.3, 0.4) is 0 Å². The molecule has 0 fully saturated rings. The van der Waals surface area contributed by atoms with Crippen molar-refractivity contribution in [2.45, 2.75) is 39.3 Å². The van der Waals surface area contributed by atoms with Crippen molar-refractivity contribution in [2.24, 2.45) is 0 Å². The first-order valence-electron chi connectivity index (χ1n) is 8.88. The summed E-state index contributed by atoms with van der Waals surface area (Å²) >= 11 is 0. The summed E-state index contributed by atoms with van der Waals surface area (Å²) in [5.74, 6) is -0.104. The molecular formula is C22H25N3O. The van der Waals surface area contributed by atoms with Crippen molar-refractivity contribution in [3.8, 4) is 0 Å². The highest BCUT2D eigenvalue weighted by Crippen LogP contribution is 2.22. The molecule has 4 nitrogen and oxygen atoms in total. The third kappa shape index (κ3) is 4.39. The molecule has 0 bridgehead atoms. The Balaban J connectivity index is 1.83. The zero-order valence-corrected chi connectivity index (χ0v) is 15.6. The van der Waals surface area contributed by atoms with Gasteiger partial charge in [0.2, 0.25) is 0 Å². The van der Waals surface area contributed by atoms with E-state index in [1.54, 1.807) is 4.68 Å². The first-order chi connectivity index (χ1) is 12.4.